The third-order valence-electron chi connectivity index (χ3n) is 3.43. The number of nitrogens with two attached hydrogens (primary N) is 1. The van der Waals surface area contributed by atoms with E-state index in [9.17, 15) is 0 Å². The van der Waals surface area contributed by atoms with Gasteiger partial charge in [-0.25, -0.2) is 0 Å². The van der Waals surface area contributed by atoms with Gasteiger partial charge in [-0.15, -0.1) is 0 Å². The number of benzene rings is 1. The fourth-order valence-electron chi connectivity index (χ4n) is 2.47. The van der Waals surface area contributed by atoms with Gasteiger partial charge in [0.25, 0.3) is 0 Å². The van der Waals surface area contributed by atoms with Gasteiger partial charge in [-0.1, -0.05) is 17.7 Å². The van der Waals surface area contributed by atoms with E-state index in [2.05, 4.69) is 39.7 Å². The molecule has 0 amide bonds. The summed E-state index contributed by atoms with van der Waals surface area (Å²) >= 11 is 8.40. The van der Waals surface area contributed by atoms with Gasteiger partial charge in [-0.05, 0) is 64.3 Å². The van der Waals surface area contributed by atoms with E-state index in [1.54, 1.807) is 0 Å². The number of pyridine rings is 1. The number of aryl methyl sites for hydroxylation is 1. The molecule has 0 unspecified atom stereocenters. The molecule has 2 N–H and O–H groups in total. The van der Waals surface area contributed by atoms with Gasteiger partial charge in [0.05, 0.1) is 10.7 Å². The van der Waals surface area contributed by atoms with Gasteiger partial charge in [-0.2, -0.15) is 0 Å². The quantitative estimate of drug-likeness (QED) is 0.568. The number of nitrogens with zero attached hydrogens (tertiary/aromatic N) is 1. The minimum atomic E-state index is 0.655. The minimum Gasteiger partial charge on any atom is -0.397 e. The normalized spacial score (nSPS) is 13.7. The van der Waals surface area contributed by atoms with E-state index >= 15 is 0 Å². The predicted molar refractivity (Wildman–Crippen MR) is 83.0 cm³/mol. The number of anilines is 1. The molecule has 2 aromatic rings. The van der Waals surface area contributed by atoms with E-state index in [0.717, 1.165) is 30.6 Å². The lowest BCUT2D eigenvalue weighted by atomic mass is 10.0. The van der Waals surface area contributed by atoms with Crippen LogP contribution in [0, 0.1) is 3.57 Å². The van der Waals surface area contributed by atoms with Crippen molar-refractivity contribution < 1.29 is 0 Å². The van der Waals surface area contributed by atoms with Gasteiger partial charge in [0.2, 0.25) is 0 Å². The second kappa shape index (κ2) is 4.70. The summed E-state index contributed by atoms with van der Waals surface area (Å²) in [7, 11) is 0. The van der Waals surface area contributed by atoms with Gasteiger partial charge >= 0.3 is 0 Å². The maximum absolute atomic E-state index is 6.09. The highest BCUT2D eigenvalue weighted by atomic mass is 127. The molecule has 1 aliphatic rings. The Morgan fingerprint density at radius 3 is 2.89 bits per heavy atom. The molecular weight excluding hydrogens is 359 g/mol. The first-order valence-corrected chi connectivity index (χ1v) is 7.30. The molecule has 0 bridgehead atoms. The standard InChI is InChI=1S/C14H12ClIN2/c15-12-4-2-8-6-13-9(5-10(16)7-18-13)1-3-11(8)14(12)17/h2,4-5,7H,1,3,6,17H2. The van der Waals surface area contributed by atoms with Crippen LogP contribution in [0.1, 0.15) is 22.4 Å². The molecule has 0 saturated carbocycles. The van der Waals surface area contributed by atoms with Crippen LogP contribution in [0.5, 0.6) is 0 Å². The van der Waals surface area contributed by atoms with E-state index in [1.165, 1.54) is 20.3 Å². The van der Waals surface area contributed by atoms with Crippen LogP contribution in [-0.4, -0.2) is 4.98 Å². The summed E-state index contributed by atoms with van der Waals surface area (Å²) in [5.74, 6) is 0. The van der Waals surface area contributed by atoms with Crippen LogP contribution in [-0.2, 0) is 19.3 Å². The number of aromatic nitrogens is 1. The summed E-state index contributed by atoms with van der Waals surface area (Å²) in [6.07, 6.45) is 4.69. The Bertz CT molecular complexity index is 625. The monoisotopic (exact) mass is 370 g/mol. The SMILES string of the molecule is Nc1c(Cl)ccc2c1CCc1cc(I)cnc1C2. The van der Waals surface area contributed by atoms with Crippen molar-refractivity contribution >= 4 is 39.9 Å². The second-order valence-corrected chi connectivity index (χ2v) is 6.19. The van der Waals surface area contributed by atoms with E-state index in [4.69, 9.17) is 17.3 Å². The summed E-state index contributed by atoms with van der Waals surface area (Å²) in [5.41, 5.74) is 11.8. The van der Waals surface area contributed by atoms with Gasteiger partial charge < -0.3 is 5.73 Å². The number of rotatable bonds is 0. The smallest absolute Gasteiger partial charge is 0.0638 e. The van der Waals surface area contributed by atoms with Crippen molar-refractivity contribution in [3.63, 3.8) is 0 Å². The first-order valence-electron chi connectivity index (χ1n) is 5.84. The Morgan fingerprint density at radius 1 is 1.22 bits per heavy atom. The lowest BCUT2D eigenvalue weighted by molar-refractivity contribution is 0.951. The summed E-state index contributed by atoms with van der Waals surface area (Å²) in [6, 6.07) is 6.17. The summed E-state index contributed by atoms with van der Waals surface area (Å²) in [4.78, 5) is 4.55. The first kappa shape index (κ1) is 12.2. The third-order valence-corrected chi connectivity index (χ3v) is 4.35. The highest BCUT2D eigenvalue weighted by Gasteiger charge is 2.17. The van der Waals surface area contributed by atoms with Crippen molar-refractivity contribution in [3.8, 4) is 0 Å². The molecule has 0 spiro atoms. The maximum Gasteiger partial charge on any atom is 0.0638 e. The Balaban J connectivity index is 2.11. The molecule has 3 rings (SSSR count). The number of hydrogen-bond acceptors (Lipinski definition) is 2. The van der Waals surface area contributed by atoms with Gasteiger partial charge in [0, 0.05) is 21.9 Å². The molecule has 0 saturated heterocycles. The van der Waals surface area contributed by atoms with Crippen molar-refractivity contribution in [2.24, 2.45) is 0 Å². The van der Waals surface area contributed by atoms with Crippen LogP contribution in [0.3, 0.4) is 0 Å². The Hall–Kier alpha value is -0.810. The molecule has 2 nitrogen and oxygen atoms in total. The average molecular weight is 371 g/mol. The highest BCUT2D eigenvalue weighted by Crippen LogP contribution is 2.31. The molecular formula is C14H12ClIN2. The number of halogens is 2. The van der Waals surface area contributed by atoms with Crippen molar-refractivity contribution in [2.45, 2.75) is 19.3 Å². The van der Waals surface area contributed by atoms with Crippen LogP contribution in [0.25, 0.3) is 0 Å². The number of hydrogen-bond donors (Lipinski definition) is 1. The lowest BCUT2D eigenvalue weighted by Crippen LogP contribution is -2.00. The molecule has 1 aromatic carbocycles. The van der Waals surface area contributed by atoms with Gasteiger partial charge in [0.1, 0.15) is 0 Å². The Kier molecular flexibility index (Phi) is 3.20. The largest absolute Gasteiger partial charge is 0.397 e. The zero-order chi connectivity index (χ0) is 12.7. The average Bonchev–Trinajstić information content (AvgIpc) is 2.53. The fraction of sp³-hybridized carbons (Fsp3) is 0.214. The molecule has 0 atom stereocenters. The van der Waals surface area contributed by atoms with E-state index in [0.29, 0.717) is 5.02 Å². The van der Waals surface area contributed by atoms with E-state index < -0.39 is 0 Å². The molecule has 18 heavy (non-hydrogen) atoms. The first-order chi connectivity index (χ1) is 8.65. The Labute approximate surface area is 125 Å². The van der Waals surface area contributed by atoms with Crippen molar-refractivity contribution in [3.05, 3.63) is 55.4 Å². The summed E-state index contributed by atoms with van der Waals surface area (Å²) in [6.45, 7) is 0. The van der Waals surface area contributed by atoms with Gasteiger partial charge in [0.15, 0.2) is 0 Å². The zero-order valence-corrected chi connectivity index (χ0v) is 12.6. The molecule has 1 aromatic heterocycles. The lowest BCUT2D eigenvalue weighted by Gasteiger charge is -2.10. The van der Waals surface area contributed by atoms with Crippen LogP contribution < -0.4 is 5.73 Å². The molecule has 1 heterocycles. The fourth-order valence-corrected chi connectivity index (χ4v) is 3.16. The van der Waals surface area contributed by atoms with Crippen molar-refractivity contribution in [1.82, 2.24) is 4.98 Å². The number of nitrogen functional groups attached to an aromatic ring is 1. The Morgan fingerprint density at radius 2 is 2.06 bits per heavy atom. The van der Waals surface area contributed by atoms with Crippen LogP contribution in [0.4, 0.5) is 5.69 Å². The van der Waals surface area contributed by atoms with Crippen LogP contribution in [0.2, 0.25) is 5.02 Å². The molecule has 0 radical (unpaired) electrons. The van der Waals surface area contributed by atoms with Crippen LogP contribution >= 0.6 is 34.2 Å². The zero-order valence-electron chi connectivity index (χ0n) is 9.71. The van der Waals surface area contributed by atoms with Crippen molar-refractivity contribution in [2.75, 3.05) is 5.73 Å². The topological polar surface area (TPSA) is 38.9 Å². The third kappa shape index (κ3) is 2.10. The second-order valence-electron chi connectivity index (χ2n) is 4.53. The molecule has 0 aliphatic heterocycles. The van der Waals surface area contributed by atoms with Crippen LogP contribution in [0.15, 0.2) is 24.4 Å². The summed E-state index contributed by atoms with van der Waals surface area (Å²) < 4.78 is 1.18. The molecule has 1 aliphatic carbocycles. The number of fused-ring (bicyclic) bond motifs is 2. The maximum atomic E-state index is 6.09. The molecule has 0 fully saturated rings. The minimum absolute atomic E-state index is 0.655. The highest BCUT2D eigenvalue weighted by molar-refractivity contribution is 14.1. The van der Waals surface area contributed by atoms with Gasteiger partial charge in [-0.3, -0.25) is 4.98 Å². The summed E-state index contributed by atoms with van der Waals surface area (Å²) in [5, 5.41) is 0.655. The molecule has 4 heteroatoms. The van der Waals surface area contributed by atoms with Crippen molar-refractivity contribution in [1.29, 1.82) is 0 Å². The molecule has 92 valence electrons. The van der Waals surface area contributed by atoms with E-state index in [1.807, 2.05) is 12.3 Å². The predicted octanol–water partition coefficient (Wildman–Crippen LogP) is 3.61. The van der Waals surface area contributed by atoms with E-state index in [-0.39, 0.29) is 0 Å².